The monoisotopic (exact) mass is 549 g/mol. The van der Waals surface area contributed by atoms with Gasteiger partial charge in [-0.1, -0.05) is 12.1 Å². The lowest BCUT2D eigenvalue weighted by molar-refractivity contribution is -0.137. The molecule has 1 aliphatic rings. The van der Waals surface area contributed by atoms with Crippen molar-refractivity contribution in [1.29, 1.82) is 0 Å². The van der Waals surface area contributed by atoms with Gasteiger partial charge in [0.15, 0.2) is 5.65 Å². The van der Waals surface area contributed by atoms with Crippen molar-refractivity contribution in [3.05, 3.63) is 72.6 Å². The van der Waals surface area contributed by atoms with Gasteiger partial charge in [0.2, 0.25) is 0 Å². The summed E-state index contributed by atoms with van der Waals surface area (Å²) in [4.78, 5) is 25.2. The van der Waals surface area contributed by atoms with E-state index in [1.54, 1.807) is 42.1 Å². The number of nitrogen functional groups attached to an aromatic ring is 1. The van der Waals surface area contributed by atoms with Crippen LogP contribution in [0.3, 0.4) is 0 Å². The number of carbonyl (C=O) groups excluding carboxylic acids is 1. The number of ether oxygens (including phenoxy) is 1. The van der Waals surface area contributed by atoms with Crippen LogP contribution in [0, 0.1) is 6.92 Å². The van der Waals surface area contributed by atoms with Gasteiger partial charge in [-0.15, -0.1) is 0 Å². The van der Waals surface area contributed by atoms with Crippen LogP contribution in [0.15, 0.2) is 61.3 Å². The Morgan fingerprint density at radius 2 is 1.80 bits per heavy atom. The summed E-state index contributed by atoms with van der Waals surface area (Å²) in [6, 6.07) is 9.42. The van der Waals surface area contributed by atoms with E-state index in [0.717, 1.165) is 17.7 Å². The molecule has 204 valence electrons. The standard InChI is InChI=1S/C26H22F3N9O2/c1-14-9-37(13-33-14)19-7-16(26(27,28)29)6-18(8-19)35-25(39)34-17-4-2-15(3-5-17)22-21-23(30)31-12-32-24(21)38(36-22)20-10-40-11-20/h2-9,12-13,20H,10-11H2,1H3,(H2,30,31,32)(H2,34,35,39). The van der Waals surface area contributed by atoms with E-state index < -0.39 is 17.8 Å². The average Bonchev–Trinajstić information content (AvgIpc) is 3.48. The highest BCUT2D eigenvalue weighted by molar-refractivity contribution is 6.01. The first kappa shape index (κ1) is 25.3. The fourth-order valence-corrected chi connectivity index (χ4v) is 4.38. The lowest BCUT2D eigenvalue weighted by Crippen LogP contribution is -2.31. The first-order chi connectivity index (χ1) is 19.2. The van der Waals surface area contributed by atoms with Crippen LogP contribution < -0.4 is 16.4 Å². The number of halogens is 3. The number of benzene rings is 2. The van der Waals surface area contributed by atoms with Crippen LogP contribution in [-0.4, -0.2) is 48.5 Å². The van der Waals surface area contributed by atoms with Crippen molar-refractivity contribution >= 4 is 34.3 Å². The number of urea groups is 1. The number of aromatic nitrogens is 6. The van der Waals surface area contributed by atoms with E-state index in [9.17, 15) is 18.0 Å². The van der Waals surface area contributed by atoms with Crippen LogP contribution in [0.2, 0.25) is 0 Å². The Hall–Kier alpha value is -4.98. The Kier molecular flexibility index (Phi) is 6.10. The molecular weight excluding hydrogens is 527 g/mol. The fraction of sp³-hybridized carbons (Fsp3) is 0.192. The molecule has 4 heterocycles. The maximum atomic E-state index is 13.5. The summed E-state index contributed by atoms with van der Waals surface area (Å²) in [6.45, 7) is 2.77. The molecule has 1 fully saturated rings. The predicted molar refractivity (Wildman–Crippen MR) is 141 cm³/mol. The number of fused-ring (bicyclic) bond motifs is 1. The number of anilines is 3. The predicted octanol–water partition coefficient (Wildman–Crippen LogP) is 4.80. The summed E-state index contributed by atoms with van der Waals surface area (Å²) in [5, 5.41) is 10.4. The van der Waals surface area contributed by atoms with E-state index in [-0.39, 0.29) is 17.4 Å². The number of nitrogens with zero attached hydrogens (tertiary/aromatic N) is 6. The highest BCUT2D eigenvalue weighted by Gasteiger charge is 2.32. The number of rotatable bonds is 5. The molecule has 14 heteroatoms. The van der Waals surface area contributed by atoms with Crippen LogP contribution in [-0.2, 0) is 10.9 Å². The molecule has 0 spiro atoms. The van der Waals surface area contributed by atoms with E-state index in [2.05, 4.69) is 25.6 Å². The number of carbonyl (C=O) groups is 1. The van der Waals surface area contributed by atoms with Gasteiger partial charge < -0.3 is 25.7 Å². The summed E-state index contributed by atoms with van der Waals surface area (Å²) in [7, 11) is 0. The van der Waals surface area contributed by atoms with Crippen LogP contribution in [0.4, 0.5) is 35.2 Å². The molecule has 4 N–H and O–H groups in total. The van der Waals surface area contributed by atoms with Crippen LogP contribution >= 0.6 is 0 Å². The zero-order chi connectivity index (χ0) is 28.0. The number of imidazole rings is 1. The highest BCUT2D eigenvalue weighted by Crippen LogP contribution is 2.35. The second kappa shape index (κ2) is 9.64. The molecule has 5 aromatic rings. The van der Waals surface area contributed by atoms with Gasteiger partial charge in [0.05, 0.1) is 36.2 Å². The molecule has 0 aliphatic carbocycles. The van der Waals surface area contributed by atoms with E-state index in [1.807, 2.05) is 0 Å². The van der Waals surface area contributed by atoms with Crippen LogP contribution in [0.25, 0.3) is 28.0 Å². The average molecular weight is 550 g/mol. The Labute approximate surface area is 224 Å². The fourth-order valence-electron chi connectivity index (χ4n) is 4.38. The van der Waals surface area contributed by atoms with Gasteiger partial charge in [-0.3, -0.25) is 0 Å². The lowest BCUT2D eigenvalue weighted by Gasteiger charge is -2.26. The number of nitrogens with one attached hydrogen (secondary N) is 2. The van der Waals surface area contributed by atoms with Crippen LogP contribution in [0.1, 0.15) is 17.3 Å². The second-order valence-electron chi connectivity index (χ2n) is 9.29. The maximum absolute atomic E-state index is 13.5. The smallest absolute Gasteiger partial charge is 0.383 e. The van der Waals surface area contributed by atoms with Crippen molar-refractivity contribution in [1.82, 2.24) is 29.3 Å². The lowest BCUT2D eigenvalue weighted by atomic mass is 10.1. The first-order valence-electron chi connectivity index (χ1n) is 12.1. The Morgan fingerprint density at radius 1 is 1.05 bits per heavy atom. The van der Waals surface area contributed by atoms with Crippen molar-refractivity contribution in [3.63, 3.8) is 0 Å². The van der Waals surface area contributed by atoms with Gasteiger partial charge in [0.25, 0.3) is 0 Å². The SMILES string of the molecule is Cc1cn(-c2cc(NC(=O)Nc3ccc(-c4nn(C5COC5)c5ncnc(N)c45)cc3)cc(C(F)(F)F)c2)cn1. The van der Waals surface area contributed by atoms with Gasteiger partial charge in [-0.25, -0.2) is 24.4 Å². The van der Waals surface area contributed by atoms with Crippen molar-refractivity contribution < 1.29 is 22.7 Å². The number of hydrogen-bond donors (Lipinski definition) is 3. The number of hydrogen-bond acceptors (Lipinski definition) is 7. The maximum Gasteiger partial charge on any atom is 0.416 e. The van der Waals surface area contributed by atoms with E-state index in [0.29, 0.717) is 47.1 Å². The number of amides is 2. The minimum atomic E-state index is -4.61. The summed E-state index contributed by atoms with van der Waals surface area (Å²) in [5.41, 5.74) is 8.38. The molecule has 0 atom stereocenters. The molecule has 0 radical (unpaired) electrons. The van der Waals surface area contributed by atoms with Gasteiger partial charge in [-0.2, -0.15) is 18.3 Å². The topological polar surface area (TPSA) is 138 Å². The molecule has 40 heavy (non-hydrogen) atoms. The third kappa shape index (κ3) is 4.80. The number of alkyl halides is 3. The summed E-state index contributed by atoms with van der Waals surface area (Å²) in [6.07, 6.45) is -0.227. The summed E-state index contributed by atoms with van der Waals surface area (Å²) in [5.74, 6) is 0.291. The van der Waals surface area contributed by atoms with Gasteiger partial charge in [0.1, 0.15) is 23.9 Å². The van der Waals surface area contributed by atoms with Crippen molar-refractivity contribution in [2.24, 2.45) is 0 Å². The van der Waals surface area contributed by atoms with E-state index in [1.165, 1.54) is 23.3 Å². The van der Waals surface area contributed by atoms with E-state index >= 15 is 0 Å². The highest BCUT2D eigenvalue weighted by atomic mass is 19.4. The summed E-state index contributed by atoms with van der Waals surface area (Å²) >= 11 is 0. The normalized spacial score (nSPS) is 13.8. The zero-order valence-electron chi connectivity index (χ0n) is 21.0. The minimum absolute atomic E-state index is 0.0299. The third-order valence-corrected chi connectivity index (χ3v) is 6.41. The molecule has 6 rings (SSSR count). The zero-order valence-corrected chi connectivity index (χ0v) is 21.0. The van der Waals surface area contributed by atoms with Gasteiger partial charge in [-0.05, 0) is 37.3 Å². The summed E-state index contributed by atoms with van der Waals surface area (Å²) < 4.78 is 49.1. The Morgan fingerprint density at radius 3 is 2.45 bits per heavy atom. The second-order valence-corrected chi connectivity index (χ2v) is 9.29. The van der Waals surface area contributed by atoms with Crippen molar-refractivity contribution in [2.75, 3.05) is 29.6 Å². The molecule has 1 aliphatic heterocycles. The number of nitrogens with two attached hydrogens (primary N) is 1. The molecule has 2 amide bonds. The number of aryl methyl sites for hydroxylation is 1. The molecule has 3 aromatic heterocycles. The molecular formula is C26H22F3N9O2. The van der Waals surface area contributed by atoms with E-state index in [4.69, 9.17) is 15.6 Å². The van der Waals surface area contributed by atoms with Gasteiger partial charge in [0, 0.05) is 28.8 Å². The minimum Gasteiger partial charge on any atom is -0.383 e. The molecule has 11 nitrogen and oxygen atoms in total. The Bertz CT molecular complexity index is 1720. The third-order valence-electron chi connectivity index (χ3n) is 6.41. The van der Waals surface area contributed by atoms with Crippen LogP contribution in [0.5, 0.6) is 0 Å². The van der Waals surface area contributed by atoms with Gasteiger partial charge >= 0.3 is 12.2 Å². The molecule has 0 unspecified atom stereocenters. The molecule has 0 bridgehead atoms. The quantitative estimate of drug-likeness (QED) is 0.286. The molecule has 1 saturated heterocycles. The van der Waals surface area contributed by atoms with Crippen molar-refractivity contribution in [3.8, 4) is 16.9 Å². The molecule has 0 saturated carbocycles. The van der Waals surface area contributed by atoms with Crippen molar-refractivity contribution in [2.45, 2.75) is 19.1 Å². The molecule has 2 aromatic carbocycles. The first-order valence-corrected chi connectivity index (χ1v) is 12.1. The largest absolute Gasteiger partial charge is 0.416 e. The Balaban J connectivity index is 1.23.